The largest absolute Gasteiger partial charge is 2.00 e. The molecule has 9 heteroatoms. The van der Waals surface area contributed by atoms with Gasteiger partial charge in [0.2, 0.25) is 0 Å². The van der Waals surface area contributed by atoms with Gasteiger partial charge in [0.15, 0.2) is 0 Å². The van der Waals surface area contributed by atoms with Crippen molar-refractivity contribution in [1.82, 2.24) is 0 Å². The van der Waals surface area contributed by atoms with Crippen LogP contribution in [0, 0.1) is 0 Å². The molecule has 0 unspecified atom stereocenters. The fraction of sp³-hybridized carbons (Fsp3) is 0.737. The van der Waals surface area contributed by atoms with Crippen LogP contribution in [0.1, 0.15) is 358 Å². The third-order valence-corrected chi connectivity index (χ3v) is 19.8. The monoisotopic (exact) mass is 1340 g/mol. The van der Waals surface area contributed by atoms with Gasteiger partial charge in [-0.25, -0.2) is 16.8 Å². The van der Waals surface area contributed by atoms with Crippen LogP contribution in [-0.4, -0.2) is 74.8 Å². The minimum atomic E-state index is -4.51. The van der Waals surface area contributed by atoms with E-state index in [4.69, 9.17) is 0 Å². The van der Waals surface area contributed by atoms with Gasteiger partial charge in [0, 0.05) is 0 Å². The van der Waals surface area contributed by atoms with Crippen LogP contribution in [0.15, 0.2) is 70.5 Å². The van der Waals surface area contributed by atoms with E-state index in [0.717, 1.165) is 73.3 Å². The Morgan fingerprint density at radius 3 is 0.659 bits per heavy atom. The Kier molecular flexibility index (Phi) is 49.3. The molecule has 0 N–H and O–H groups in total. The van der Waals surface area contributed by atoms with E-state index in [1.165, 1.54) is 294 Å². The standard InChI is InChI=1S/2C38H64O3S.Ba/c2*1-3-5-7-9-11-13-15-17-19-21-23-25-27-34-29-31-36-35(30-32-38(37(36)33-34)42(39,40)41)28-26-24-22-20-18-16-14-12-10-8-6-4-2;/h2*29-33H,3-28H2,1-2H3,(H,39,40,41);/q;;+2/p-2. The first-order valence-electron chi connectivity index (χ1n) is 35.9. The van der Waals surface area contributed by atoms with Crippen LogP contribution >= 0.6 is 0 Å². The summed E-state index contributed by atoms with van der Waals surface area (Å²) in [5.74, 6) is 0. The van der Waals surface area contributed by atoms with Crippen LogP contribution in [0.3, 0.4) is 0 Å². The zero-order valence-corrected chi connectivity index (χ0v) is 61.6. The molecule has 0 saturated carbocycles. The van der Waals surface area contributed by atoms with E-state index in [2.05, 4.69) is 52.0 Å². The van der Waals surface area contributed by atoms with E-state index >= 15 is 0 Å². The average molecular weight is 1340 g/mol. The zero-order valence-electron chi connectivity index (χ0n) is 55.5. The van der Waals surface area contributed by atoms with Gasteiger partial charge in [-0.1, -0.05) is 347 Å². The molecule has 0 aliphatic carbocycles. The maximum Gasteiger partial charge on any atom is 2.00 e. The molecule has 4 aromatic rings. The van der Waals surface area contributed by atoms with E-state index in [1.807, 2.05) is 24.3 Å². The molecule has 85 heavy (non-hydrogen) atoms. The van der Waals surface area contributed by atoms with Crippen molar-refractivity contribution in [3.63, 3.8) is 0 Å². The third kappa shape index (κ3) is 38.3. The first-order valence-corrected chi connectivity index (χ1v) is 38.8. The molecule has 0 saturated heterocycles. The van der Waals surface area contributed by atoms with E-state index in [9.17, 15) is 25.9 Å². The maximum atomic E-state index is 12.1. The van der Waals surface area contributed by atoms with Crippen LogP contribution in [0.4, 0.5) is 0 Å². The van der Waals surface area contributed by atoms with Gasteiger partial charge in [-0.05, 0) is 119 Å². The molecule has 0 atom stereocenters. The Bertz CT molecular complexity index is 2300. The molecule has 4 aromatic carbocycles. The fourth-order valence-corrected chi connectivity index (χ4v) is 14.0. The summed E-state index contributed by atoms with van der Waals surface area (Å²) in [7, 11) is -9.01. The quantitative estimate of drug-likeness (QED) is 0.0247. The Morgan fingerprint density at radius 2 is 0.447 bits per heavy atom. The number of hydrogen-bond donors (Lipinski definition) is 0. The van der Waals surface area contributed by atoms with E-state index in [-0.39, 0.29) is 58.7 Å². The molecule has 0 radical (unpaired) electrons. The molecule has 0 aliphatic heterocycles. The second-order valence-corrected chi connectivity index (χ2v) is 28.4. The first-order chi connectivity index (χ1) is 40.9. The normalized spacial score (nSPS) is 11.8. The molecular weight excluding hydrogens is 1210 g/mol. The minimum absolute atomic E-state index is 0. The summed E-state index contributed by atoms with van der Waals surface area (Å²) in [6, 6.07) is 19.2. The van der Waals surface area contributed by atoms with Gasteiger partial charge < -0.3 is 9.11 Å². The summed E-state index contributed by atoms with van der Waals surface area (Å²) in [6.45, 7) is 9.08. The van der Waals surface area contributed by atoms with E-state index < -0.39 is 20.2 Å². The van der Waals surface area contributed by atoms with Crippen LogP contribution in [-0.2, 0) is 45.9 Å². The first kappa shape index (κ1) is 79.9. The average Bonchev–Trinajstić information content (AvgIpc) is 1.39. The molecule has 0 spiro atoms. The van der Waals surface area contributed by atoms with Crippen LogP contribution in [0.2, 0.25) is 0 Å². The van der Waals surface area contributed by atoms with Gasteiger partial charge in [-0.15, -0.1) is 0 Å². The molecular formula is C76H126BaO6S2. The Hall–Kier alpha value is -1.21. The number of rotatable bonds is 54. The summed E-state index contributed by atoms with van der Waals surface area (Å²) in [4.78, 5) is -0.125. The van der Waals surface area contributed by atoms with Crippen molar-refractivity contribution in [2.45, 2.75) is 371 Å². The molecule has 0 bridgehead atoms. The van der Waals surface area contributed by atoms with E-state index in [1.54, 1.807) is 12.1 Å². The number of aryl methyl sites for hydroxylation is 4. The maximum absolute atomic E-state index is 12.1. The van der Waals surface area contributed by atoms with Gasteiger partial charge in [-0.2, -0.15) is 0 Å². The second-order valence-electron chi connectivity index (χ2n) is 25.7. The van der Waals surface area contributed by atoms with Crippen LogP contribution in [0.5, 0.6) is 0 Å². The van der Waals surface area contributed by atoms with Gasteiger partial charge in [-0.3, -0.25) is 0 Å². The van der Waals surface area contributed by atoms with E-state index in [0.29, 0.717) is 10.8 Å². The predicted octanol–water partition coefficient (Wildman–Crippen LogP) is 24.1. The smallest absolute Gasteiger partial charge is 0.744 e. The molecule has 480 valence electrons. The molecule has 4 rings (SSSR count). The number of benzene rings is 4. The number of hydrogen-bond acceptors (Lipinski definition) is 6. The van der Waals surface area contributed by atoms with Gasteiger partial charge in [0.1, 0.15) is 20.2 Å². The van der Waals surface area contributed by atoms with Crippen LogP contribution in [0.25, 0.3) is 21.5 Å². The SMILES string of the molecule is CCCCCCCCCCCCCCc1ccc2c(CCCCCCCCCCCCCC)ccc(S(=O)(=O)[O-])c2c1.CCCCCCCCCCCCCCc1ccc2c(CCCCCCCCCCCCCC)ccc(S(=O)(=O)[O-])c2c1.[Ba+2]. The zero-order chi connectivity index (χ0) is 60.6. The summed E-state index contributed by atoms with van der Waals surface area (Å²) in [5.41, 5.74) is 4.62. The summed E-state index contributed by atoms with van der Waals surface area (Å²) in [5, 5.41) is 3.12. The van der Waals surface area contributed by atoms with Crippen molar-refractivity contribution in [3.8, 4) is 0 Å². The minimum Gasteiger partial charge on any atom is -0.744 e. The van der Waals surface area contributed by atoms with Gasteiger partial charge >= 0.3 is 48.9 Å². The van der Waals surface area contributed by atoms with Gasteiger partial charge in [0.25, 0.3) is 0 Å². The molecule has 0 aromatic heterocycles. The Morgan fingerprint density at radius 1 is 0.247 bits per heavy atom. The Balaban J connectivity index is 0.000000573. The van der Waals surface area contributed by atoms with Crippen molar-refractivity contribution in [3.05, 3.63) is 82.9 Å². The summed E-state index contributed by atoms with van der Waals surface area (Å²) in [6.07, 6.45) is 67.2. The number of unbranched alkanes of at least 4 members (excludes halogenated alkanes) is 44. The topological polar surface area (TPSA) is 114 Å². The van der Waals surface area contributed by atoms with Crippen molar-refractivity contribution in [2.24, 2.45) is 0 Å². The predicted molar refractivity (Wildman–Crippen MR) is 369 cm³/mol. The van der Waals surface area contributed by atoms with Crippen molar-refractivity contribution < 1.29 is 25.9 Å². The molecule has 0 fully saturated rings. The van der Waals surface area contributed by atoms with Crippen molar-refractivity contribution in [2.75, 3.05) is 0 Å². The summed E-state index contributed by atoms with van der Waals surface area (Å²) < 4.78 is 72.4. The van der Waals surface area contributed by atoms with Crippen molar-refractivity contribution >= 4 is 90.7 Å². The second kappa shape index (κ2) is 52.4. The fourth-order valence-electron chi connectivity index (χ4n) is 12.7. The molecule has 6 nitrogen and oxygen atoms in total. The Labute approximate surface area is 565 Å². The molecule has 0 amide bonds. The molecule has 0 heterocycles. The van der Waals surface area contributed by atoms with Crippen molar-refractivity contribution in [1.29, 1.82) is 0 Å². The molecule has 0 aliphatic rings. The summed E-state index contributed by atoms with van der Waals surface area (Å²) >= 11 is 0. The van der Waals surface area contributed by atoms with Gasteiger partial charge in [0.05, 0.1) is 9.79 Å². The van der Waals surface area contributed by atoms with Crippen LogP contribution < -0.4 is 0 Å². The third-order valence-electron chi connectivity index (χ3n) is 18.0. The number of fused-ring (bicyclic) bond motifs is 2.